The van der Waals surface area contributed by atoms with Crippen molar-refractivity contribution in [2.24, 2.45) is 0 Å². The molecule has 0 unspecified atom stereocenters. The second kappa shape index (κ2) is 14.2. The van der Waals surface area contributed by atoms with E-state index >= 15 is 0 Å². The fourth-order valence-corrected chi connectivity index (χ4v) is 6.26. The summed E-state index contributed by atoms with van der Waals surface area (Å²) in [5.41, 5.74) is -2.10. The number of benzene rings is 2. The molecule has 0 fully saturated rings. The average molecular weight is 798 g/mol. The maximum atomic E-state index is 14.0. The molecule has 0 saturated carbocycles. The van der Waals surface area contributed by atoms with Gasteiger partial charge in [-0.05, 0) is 35.3 Å². The lowest BCUT2D eigenvalue weighted by atomic mass is 10.0. The lowest BCUT2D eigenvalue weighted by molar-refractivity contribution is -0.670. The van der Waals surface area contributed by atoms with Gasteiger partial charge in [0.2, 0.25) is 0 Å². The molecule has 2 aromatic carbocycles. The second-order valence-electron chi connectivity index (χ2n) is 12.7. The molecule has 2 N–H and O–H groups in total. The van der Waals surface area contributed by atoms with Gasteiger partial charge in [0.1, 0.15) is 23.1 Å². The van der Waals surface area contributed by atoms with Crippen LogP contribution in [0.3, 0.4) is 0 Å². The van der Waals surface area contributed by atoms with Gasteiger partial charge in [-0.25, -0.2) is 18.9 Å². The summed E-state index contributed by atoms with van der Waals surface area (Å²) in [7, 11) is 0. The third kappa shape index (κ3) is 7.04. The summed E-state index contributed by atoms with van der Waals surface area (Å²) in [6, 6.07) is 16.5. The number of carbonyl (C=O) groups is 2. The molecular formula is C39H24F7N10O2+. The number of rotatable bonds is 7. The number of halogens is 7. The van der Waals surface area contributed by atoms with Crippen molar-refractivity contribution in [1.82, 2.24) is 34.1 Å². The monoisotopic (exact) mass is 797 g/mol. The number of carbonyl (C=O) groups excluding carboxylic acids is 2. The van der Waals surface area contributed by atoms with Crippen molar-refractivity contribution < 1.29 is 45.0 Å². The van der Waals surface area contributed by atoms with Gasteiger partial charge in [0, 0.05) is 36.4 Å². The number of anilines is 2. The highest BCUT2D eigenvalue weighted by Gasteiger charge is 2.35. The highest BCUT2D eigenvalue weighted by molar-refractivity contribution is 6.09. The van der Waals surface area contributed by atoms with Crippen LogP contribution in [0.4, 0.5) is 42.1 Å². The minimum atomic E-state index is -4.71. The Labute approximate surface area is 321 Å². The number of amides is 2. The normalized spacial score (nSPS) is 11.9. The first-order chi connectivity index (χ1) is 27.7. The molecule has 6 heterocycles. The molecule has 290 valence electrons. The van der Waals surface area contributed by atoms with Crippen LogP contribution in [0.25, 0.3) is 39.6 Å². The van der Waals surface area contributed by atoms with Crippen LogP contribution >= 0.6 is 0 Å². The zero-order valence-corrected chi connectivity index (χ0v) is 29.5. The molecule has 8 rings (SSSR count). The molecule has 0 aliphatic carbocycles. The van der Waals surface area contributed by atoms with Crippen LogP contribution in [-0.4, -0.2) is 45.9 Å². The minimum absolute atomic E-state index is 0.00558. The first-order valence-electron chi connectivity index (χ1n) is 17.0. The summed E-state index contributed by atoms with van der Waals surface area (Å²) in [6.45, 7) is 1.57. The summed E-state index contributed by atoms with van der Waals surface area (Å²) in [5.74, 6) is -2.01. The average Bonchev–Trinajstić information content (AvgIpc) is 3.80. The standard InChI is InChI=1S/C39H23F7N10O2/c1-21-30(53-36(57)26-19-48-54-14-12-31(51-34(26)54)24-6-2-4-8-28(24)38(41,42)43)10-11-33(49-21)56-20-27(37(58)50-23-16-22(40)17-47-18-23)35-52-32(13-15-55(35)56)25-7-3-5-9-29(25)39(44,45)46/h2-20H,1H3,(H-,50,53,57,58)/p+1. The van der Waals surface area contributed by atoms with Crippen molar-refractivity contribution in [2.45, 2.75) is 19.3 Å². The van der Waals surface area contributed by atoms with Gasteiger partial charge in [-0.1, -0.05) is 36.4 Å². The molecule has 0 atom stereocenters. The van der Waals surface area contributed by atoms with Gasteiger partial charge < -0.3 is 10.6 Å². The van der Waals surface area contributed by atoms with Gasteiger partial charge in [0.05, 0.1) is 58.7 Å². The molecule has 0 bridgehead atoms. The summed E-state index contributed by atoms with van der Waals surface area (Å²) in [4.78, 5) is 44.3. The molecule has 0 radical (unpaired) electrons. The first-order valence-corrected chi connectivity index (χ1v) is 17.0. The zero-order chi connectivity index (χ0) is 40.9. The third-order valence-electron chi connectivity index (χ3n) is 8.93. The van der Waals surface area contributed by atoms with Crippen molar-refractivity contribution in [3.63, 3.8) is 0 Å². The van der Waals surface area contributed by atoms with Crippen molar-refractivity contribution in [2.75, 3.05) is 10.6 Å². The van der Waals surface area contributed by atoms with E-state index in [4.69, 9.17) is 0 Å². The van der Waals surface area contributed by atoms with Gasteiger partial charge in [-0.2, -0.15) is 36.0 Å². The van der Waals surface area contributed by atoms with Crippen LogP contribution in [0.15, 0.2) is 116 Å². The predicted octanol–water partition coefficient (Wildman–Crippen LogP) is 7.77. The van der Waals surface area contributed by atoms with Crippen LogP contribution in [0.1, 0.15) is 37.5 Å². The van der Waals surface area contributed by atoms with Crippen LogP contribution in [0.2, 0.25) is 0 Å². The molecule has 8 aromatic rings. The number of nitrogens with zero attached hydrogens (tertiary/aromatic N) is 8. The highest BCUT2D eigenvalue weighted by Crippen LogP contribution is 2.38. The van der Waals surface area contributed by atoms with E-state index in [9.17, 15) is 40.3 Å². The van der Waals surface area contributed by atoms with E-state index in [-0.39, 0.29) is 67.8 Å². The number of hydrogen-bond acceptors (Lipinski definition) is 7. The number of fused-ring (bicyclic) bond motifs is 2. The number of nitrogens with one attached hydrogen (secondary N) is 2. The molecule has 0 aliphatic rings. The molecule has 2 amide bonds. The maximum absolute atomic E-state index is 14.0. The van der Waals surface area contributed by atoms with Gasteiger partial charge >= 0.3 is 18.2 Å². The van der Waals surface area contributed by atoms with Crippen molar-refractivity contribution >= 4 is 34.5 Å². The summed E-state index contributed by atoms with van der Waals surface area (Å²) in [5, 5.41) is 9.36. The molecular weight excluding hydrogens is 773 g/mol. The highest BCUT2D eigenvalue weighted by atomic mass is 19.4. The predicted molar refractivity (Wildman–Crippen MR) is 193 cm³/mol. The van der Waals surface area contributed by atoms with E-state index in [2.05, 4.69) is 35.7 Å². The number of alkyl halides is 6. The maximum Gasteiger partial charge on any atom is 0.417 e. The van der Waals surface area contributed by atoms with Crippen molar-refractivity contribution in [3.8, 4) is 28.3 Å². The fourth-order valence-electron chi connectivity index (χ4n) is 6.26. The minimum Gasteiger partial charge on any atom is -0.320 e. The number of hydrogen-bond donors (Lipinski definition) is 2. The lowest BCUT2D eigenvalue weighted by Crippen LogP contribution is -2.37. The Morgan fingerprint density at radius 3 is 1.95 bits per heavy atom. The van der Waals surface area contributed by atoms with E-state index in [1.165, 1.54) is 105 Å². The number of pyridine rings is 2. The molecule has 58 heavy (non-hydrogen) atoms. The number of aryl methyl sites for hydroxylation is 1. The Morgan fingerprint density at radius 1 is 0.690 bits per heavy atom. The van der Waals surface area contributed by atoms with Crippen molar-refractivity contribution in [3.05, 3.63) is 150 Å². The zero-order valence-electron chi connectivity index (χ0n) is 29.5. The molecule has 0 spiro atoms. The Bertz CT molecular complexity index is 2920. The van der Waals surface area contributed by atoms with Gasteiger partial charge in [-0.3, -0.25) is 14.6 Å². The Kier molecular flexibility index (Phi) is 9.13. The van der Waals surface area contributed by atoms with E-state index < -0.39 is 41.1 Å². The molecule has 0 aliphatic heterocycles. The lowest BCUT2D eigenvalue weighted by Gasteiger charge is -2.12. The van der Waals surface area contributed by atoms with Crippen molar-refractivity contribution in [1.29, 1.82) is 0 Å². The first kappa shape index (κ1) is 37.4. The third-order valence-corrected chi connectivity index (χ3v) is 8.93. The molecule has 0 saturated heterocycles. The SMILES string of the molecule is Cc1nc(-[n+]2cc(C(=O)Nc3cncc(F)c3)c3nc(-c4ccccc4C(F)(F)F)ccn32)ccc1NC(=O)c1cnn2ccc(-c3ccccc3C(F)(F)F)nc12. The summed E-state index contributed by atoms with van der Waals surface area (Å²) in [6.07, 6.45) is -1.86. The van der Waals surface area contributed by atoms with Gasteiger partial charge in [-0.15, -0.1) is 4.68 Å². The quantitative estimate of drug-likeness (QED) is 0.124. The number of aromatic nitrogens is 8. The smallest absolute Gasteiger partial charge is 0.320 e. The Balaban J connectivity index is 1.14. The van der Waals surface area contributed by atoms with Crippen LogP contribution in [-0.2, 0) is 12.4 Å². The Morgan fingerprint density at radius 2 is 1.31 bits per heavy atom. The van der Waals surface area contributed by atoms with Gasteiger partial charge in [0.25, 0.3) is 11.8 Å². The molecule has 6 aromatic heterocycles. The topological polar surface area (TPSA) is 135 Å². The van der Waals surface area contributed by atoms with Gasteiger partial charge in [0.15, 0.2) is 17.0 Å². The van der Waals surface area contributed by atoms with E-state index in [0.717, 1.165) is 24.4 Å². The van der Waals surface area contributed by atoms with E-state index in [1.54, 1.807) is 6.92 Å². The largest absolute Gasteiger partial charge is 0.417 e. The summed E-state index contributed by atoms with van der Waals surface area (Å²) >= 11 is 0. The second-order valence-corrected chi connectivity index (χ2v) is 12.7. The van der Waals surface area contributed by atoms with Crippen LogP contribution < -0.4 is 15.3 Å². The fraction of sp³-hybridized carbons (Fsp3) is 0.0769. The van der Waals surface area contributed by atoms with E-state index in [1.807, 2.05) is 0 Å². The van der Waals surface area contributed by atoms with Crippen LogP contribution in [0, 0.1) is 12.7 Å². The Hall–Kier alpha value is -7.57. The summed E-state index contributed by atoms with van der Waals surface area (Å²) < 4.78 is 101. The van der Waals surface area contributed by atoms with Crippen LogP contribution in [0.5, 0.6) is 0 Å². The molecule has 12 nitrogen and oxygen atoms in total. The molecule has 19 heteroatoms. The van der Waals surface area contributed by atoms with E-state index in [0.29, 0.717) is 0 Å².